The van der Waals surface area contributed by atoms with Crippen molar-refractivity contribution in [1.29, 1.82) is 0 Å². The molecule has 1 aliphatic carbocycles. The molecule has 0 fully saturated rings. The van der Waals surface area contributed by atoms with E-state index in [-0.39, 0.29) is 0 Å². The molecule has 0 saturated heterocycles. The molecule has 1 aliphatic rings. The van der Waals surface area contributed by atoms with Gasteiger partial charge in [-0.2, -0.15) is 0 Å². The smallest absolute Gasteiger partial charge is 0.0759 e. The number of fused-ring (bicyclic) bond motifs is 5. The van der Waals surface area contributed by atoms with Crippen LogP contribution in [0.5, 0.6) is 0 Å². The Bertz CT molecular complexity index is 1210. The molecule has 0 aliphatic heterocycles. The number of aliphatic imine (C=N–C) groups is 1. The lowest BCUT2D eigenvalue weighted by Crippen LogP contribution is -2.08. The molecule has 0 bridgehead atoms. The molecule has 0 radical (unpaired) electrons. The summed E-state index contributed by atoms with van der Waals surface area (Å²) in [7, 11) is 0. The van der Waals surface area contributed by atoms with Crippen molar-refractivity contribution in [3.63, 3.8) is 0 Å². The summed E-state index contributed by atoms with van der Waals surface area (Å²) in [6.45, 7) is 3.69. The van der Waals surface area contributed by atoms with Crippen molar-refractivity contribution in [1.82, 2.24) is 9.97 Å². The zero-order valence-electron chi connectivity index (χ0n) is 15.7. The van der Waals surface area contributed by atoms with Gasteiger partial charge in [0.1, 0.15) is 0 Å². The number of hydrogen-bond acceptors (Lipinski definition) is 4. The number of aromatic nitrogens is 2. The molecule has 5 rings (SSSR count). The van der Waals surface area contributed by atoms with Crippen molar-refractivity contribution in [2.45, 2.75) is 30.6 Å². The topological polar surface area (TPSA) is 67.1 Å². The minimum Gasteiger partial charge on any atom is -0.361 e. The minimum atomic E-state index is 0.515. The van der Waals surface area contributed by atoms with Crippen molar-refractivity contribution >= 4 is 46.0 Å². The Kier molecular flexibility index (Phi) is 4.41. The molecule has 0 saturated carbocycles. The van der Waals surface area contributed by atoms with Crippen LogP contribution in [0.15, 0.2) is 52.5 Å². The van der Waals surface area contributed by atoms with Crippen molar-refractivity contribution in [2.24, 2.45) is 10.7 Å². The molecule has 3 N–H and O–H groups in total. The summed E-state index contributed by atoms with van der Waals surface area (Å²) >= 11 is 1.59. The standard InChI is InChI=1S/C23H22N4S/c1-25-19-7-6-14(12-21(19)28-13-24)23-16-5-3-2-4-15(16)22-17-10-11-26-18(17)8-9-20(22)27-23/h6-12,26H,1-5,13,24H2. The summed E-state index contributed by atoms with van der Waals surface area (Å²) in [5.41, 5.74) is 14.0. The normalized spacial score (nSPS) is 13.8. The average molecular weight is 387 g/mol. The molecule has 2 aromatic carbocycles. The third-order valence-corrected chi connectivity index (χ3v) is 6.45. The van der Waals surface area contributed by atoms with Crippen LogP contribution in [0.25, 0.3) is 33.1 Å². The highest BCUT2D eigenvalue weighted by atomic mass is 32.2. The number of aryl methyl sites for hydroxylation is 1. The third-order valence-electron chi connectivity index (χ3n) is 5.64. The first-order valence-electron chi connectivity index (χ1n) is 9.65. The first kappa shape index (κ1) is 17.5. The molecule has 2 aromatic heterocycles. The zero-order valence-corrected chi connectivity index (χ0v) is 16.5. The highest BCUT2D eigenvalue weighted by Gasteiger charge is 2.21. The average Bonchev–Trinajstić information content (AvgIpc) is 3.22. The van der Waals surface area contributed by atoms with E-state index in [0.717, 1.165) is 40.2 Å². The van der Waals surface area contributed by atoms with Gasteiger partial charge < -0.3 is 10.7 Å². The Balaban J connectivity index is 1.80. The van der Waals surface area contributed by atoms with Crippen LogP contribution in [0.3, 0.4) is 0 Å². The van der Waals surface area contributed by atoms with E-state index < -0.39 is 0 Å². The number of H-pyrrole nitrogens is 1. The van der Waals surface area contributed by atoms with Crippen LogP contribution in [0, 0.1) is 0 Å². The molecule has 140 valence electrons. The van der Waals surface area contributed by atoms with E-state index in [0.29, 0.717) is 5.88 Å². The second-order valence-electron chi connectivity index (χ2n) is 7.17. The highest BCUT2D eigenvalue weighted by Crippen LogP contribution is 2.40. The van der Waals surface area contributed by atoms with Gasteiger partial charge in [0.05, 0.1) is 16.9 Å². The fourth-order valence-electron chi connectivity index (χ4n) is 4.40. The van der Waals surface area contributed by atoms with Crippen LogP contribution >= 0.6 is 11.8 Å². The number of thioether (sulfide) groups is 1. The van der Waals surface area contributed by atoms with Gasteiger partial charge in [0.2, 0.25) is 0 Å². The van der Waals surface area contributed by atoms with Crippen LogP contribution in [0.1, 0.15) is 24.0 Å². The van der Waals surface area contributed by atoms with E-state index in [1.165, 1.54) is 40.3 Å². The van der Waals surface area contributed by atoms with Gasteiger partial charge in [-0.25, -0.2) is 4.98 Å². The van der Waals surface area contributed by atoms with Crippen LogP contribution < -0.4 is 5.73 Å². The molecule has 0 atom stereocenters. The molecule has 4 nitrogen and oxygen atoms in total. The van der Waals surface area contributed by atoms with E-state index in [1.807, 2.05) is 12.3 Å². The van der Waals surface area contributed by atoms with Crippen LogP contribution in [-0.2, 0) is 12.8 Å². The molecule has 0 unspecified atom stereocenters. The number of rotatable bonds is 4. The Hall–Kier alpha value is -2.63. The summed E-state index contributed by atoms with van der Waals surface area (Å²) in [5.74, 6) is 0.515. The highest BCUT2D eigenvalue weighted by molar-refractivity contribution is 7.99. The summed E-state index contributed by atoms with van der Waals surface area (Å²) < 4.78 is 0. The number of hydrogen-bond donors (Lipinski definition) is 2. The first-order valence-corrected chi connectivity index (χ1v) is 10.6. The van der Waals surface area contributed by atoms with Crippen molar-refractivity contribution in [3.8, 4) is 11.3 Å². The van der Waals surface area contributed by atoms with E-state index in [2.05, 4.69) is 47.0 Å². The van der Waals surface area contributed by atoms with E-state index in [4.69, 9.17) is 10.7 Å². The molecule has 4 aromatic rings. The fourth-order valence-corrected chi connectivity index (χ4v) is 5.07. The molecule has 28 heavy (non-hydrogen) atoms. The molecule has 5 heteroatoms. The zero-order chi connectivity index (χ0) is 19.1. The quantitative estimate of drug-likeness (QED) is 0.272. The predicted octanol–water partition coefficient (Wildman–Crippen LogP) is 5.60. The second-order valence-corrected chi connectivity index (χ2v) is 8.24. The lowest BCUT2D eigenvalue weighted by atomic mass is 9.85. The molecule has 0 spiro atoms. The largest absolute Gasteiger partial charge is 0.361 e. The first-order chi connectivity index (χ1) is 13.8. The fraction of sp³-hybridized carbons (Fsp3) is 0.217. The number of nitrogens with one attached hydrogen (secondary N) is 1. The molecular formula is C23H22N4S. The van der Waals surface area contributed by atoms with Gasteiger partial charge in [0, 0.05) is 38.8 Å². The Morgan fingerprint density at radius 3 is 2.79 bits per heavy atom. The number of aromatic amines is 1. The van der Waals surface area contributed by atoms with Gasteiger partial charge in [-0.3, -0.25) is 4.99 Å². The lowest BCUT2D eigenvalue weighted by molar-refractivity contribution is 0.689. The third kappa shape index (κ3) is 2.74. The van der Waals surface area contributed by atoms with Gasteiger partial charge in [-0.05, 0) is 73.9 Å². The summed E-state index contributed by atoms with van der Waals surface area (Å²) in [6, 6.07) is 12.7. The van der Waals surface area contributed by atoms with Crippen molar-refractivity contribution < 1.29 is 0 Å². The van der Waals surface area contributed by atoms with Crippen LogP contribution in [-0.4, -0.2) is 22.6 Å². The Labute approximate surface area is 168 Å². The van der Waals surface area contributed by atoms with Gasteiger partial charge in [0.15, 0.2) is 0 Å². The molecule has 0 amide bonds. The van der Waals surface area contributed by atoms with E-state index in [9.17, 15) is 0 Å². The number of nitrogens with two attached hydrogens (primary N) is 1. The lowest BCUT2D eigenvalue weighted by Gasteiger charge is -2.22. The Morgan fingerprint density at radius 2 is 1.96 bits per heavy atom. The SMILES string of the molecule is C=Nc1ccc(-c2nc3ccc4[nH]ccc4c3c3c2CCCC3)cc1SCN. The molecule has 2 heterocycles. The van der Waals surface area contributed by atoms with Gasteiger partial charge in [-0.15, -0.1) is 11.8 Å². The maximum absolute atomic E-state index is 5.78. The maximum atomic E-state index is 5.78. The predicted molar refractivity (Wildman–Crippen MR) is 120 cm³/mol. The van der Waals surface area contributed by atoms with Crippen molar-refractivity contribution in [3.05, 3.63) is 53.7 Å². The second kappa shape index (κ2) is 7.08. The summed E-state index contributed by atoms with van der Waals surface area (Å²) in [6.07, 6.45) is 6.66. The van der Waals surface area contributed by atoms with Gasteiger partial charge >= 0.3 is 0 Å². The molecular weight excluding hydrogens is 364 g/mol. The number of nitrogens with zero attached hydrogens (tertiary/aromatic N) is 2. The van der Waals surface area contributed by atoms with Gasteiger partial charge in [0.25, 0.3) is 0 Å². The number of benzene rings is 2. The Morgan fingerprint density at radius 1 is 1.11 bits per heavy atom. The van der Waals surface area contributed by atoms with Crippen molar-refractivity contribution in [2.75, 3.05) is 5.88 Å². The number of pyridine rings is 1. The monoisotopic (exact) mass is 386 g/mol. The minimum absolute atomic E-state index is 0.515. The summed E-state index contributed by atoms with van der Waals surface area (Å²) in [5, 5.41) is 2.60. The van der Waals surface area contributed by atoms with E-state index >= 15 is 0 Å². The summed E-state index contributed by atoms with van der Waals surface area (Å²) in [4.78, 5) is 13.7. The van der Waals surface area contributed by atoms with Crippen LogP contribution in [0.2, 0.25) is 0 Å². The van der Waals surface area contributed by atoms with Gasteiger partial charge in [-0.1, -0.05) is 6.07 Å². The van der Waals surface area contributed by atoms with Crippen LogP contribution in [0.4, 0.5) is 5.69 Å². The van der Waals surface area contributed by atoms with E-state index in [1.54, 1.807) is 11.8 Å². The maximum Gasteiger partial charge on any atom is 0.0759 e.